The number of aromatic nitrogens is 2. The standard InChI is InChI=1S/C23H29BrN4O/c1-22(2)15-11-12-23(22,3)20-18(15)19(21(29)26-27-13-7-4-8-14-27)25-28(20)17-10-6-5-9-16(17)24/h5-6,9-10,15H,4,7-8,11-14H2,1-3H3,(H,26,29)/t15-,23+/m1/s1. The maximum absolute atomic E-state index is 13.4. The number of fused-ring (bicyclic) bond motifs is 5. The molecule has 2 atom stereocenters. The third-order valence-corrected chi connectivity index (χ3v) is 8.60. The highest BCUT2D eigenvalue weighted by Crippen LogP contribution is 2.68. The number of rotatable bonds is 3. The molecule has 6 heteroatoms. The van der Waals surface area contributed by atoms with Gasteiger partial charge in [0.1, 0.15) is 0 Å². The zero-order valence-electron chi connectivity index (χ0n) is 17.5. The van der Waals surface area contributed by atoms with Gasteiger partial charge in [-0.1, -0.05) is 39.3 Å². The Hall–Kier alpha value is -1.66. The van der Waals surface area contributed by atoms with Gasteiger partial charge in [0.25, 0.3) is 5.91 Å². The summed E-state index contributed by atoms with van der Waals surface area (Å²) in [5.74, 6) is 0.321. The third kappa shape index (κ3) is 2.68. The van der Waals surface area contributed by atoms with Gasteiger partial charge in [-0.2, -0.15) is 5.10 Å². The molecule has 1 N–H and O–H groups in total. The summed E-state index contributed by atoms with van der Waals surface area (Å²) in [6.45, 7) is 8.93. The van der Waals surface area contributed by atoms with E-state index in [9.17, 15) is 4.79 Å². The van der Waals surface area contributed by atoms with Gasteiger partial charge in [0, 0.05) is 28.5 Å². The molecule has 0 radical (unpaired) electrons. The number of benzene rings is 1. The first-order valence-electron chi connectivity index (χ1n) is 10.8. The number of para-hydroxylation sites is 1. The molecule has 1 amide bonds. The fraction of sp³-hybridized carbons (Fsp3) is 0.565. The monoisotopic (exact) mass is 456 g/mol. The Kier molecular flexibility index (Phi) is 4.44. The average molecular weight is 457 g/mol. The van der Waals surface area contributed by atoms with E-state index in [1.165, 1.54) is 17.7 Å². The molecule has 1 saturated carbocycles. The molecule has 2 aromatic rings. The quantitative estimate of drug-likeness (QED) is 0.711. The van der Waals surface area contributed by atoms with Gasteiger partial charge in [-0.05, 0) is 65.1 Å². The Morgan fingerprint density at radius 2 is 1.90 bits per heavy atom. The van der Waals surface area contributed by atoms with E-state index in [0.717, 1.165) is 48.9 Å². The lowest BCUT2D eigenvalue weighted by Crippen LogP contribution is -2.45. The Morgan fingerprint density at radius 1 is 1.17 bits per heavy atom. The number of carbonyl (C=O) groups excluding carboxylic acids is 1. The van der Waals surface area contributed by atoms with Gasteiger partial charge in [-0.25, -0.2) is 9.69 Å². The fourth-order valence-corrected chi connectivity index (χ4v) is 6.34. The number of hydrogen-bond donors (Lipinski definition) is 1. The third-order valence-electron chi connectivity index (χ3n) is 7.93. The second kappa shape index (κ2) is 6.67. The number of carbonyl (C=O) groups is 1. The van der Waals surface area contributed by atoms with Crippen molar-refractivity contribution in [2.75, 3.05) is 13.1 Å². The summed E-state index contributed by atoms with van der Waals surface area (Å²) >= 11 is 3.70. The van der Waals surface area contributed by atoms with Crippen molar-refractivity contribution in [1.29, 1.82) is 0 Å². The van der Waals surface area contributed by atoms with Crippen molar-refractivity contribution in [3.63, 3.8) is 0 Å². The lowest BCUT2D eigenvalue weighted by molar-refractivity contribution is 0.0742. The zero-order valence-corrected chi connectivity index (χ0v) is 19.1. The van der Waals surface area contributed by atoms with E-state index < -0.39 is 0 Å². The minimum Gasteiger partial charge on any atom is -0.283 e. The summed E-state index contributed by atoms with van der Waals surface area (Å²) in [4.78, 5) is 13.4. The number of nitrogens with one attached hydrogen (secondary N) is 1. The topological polar surface area (TPSA) is 50.2 Å². The molecule has 0 unspecified atom stereocenters. The van der Waals surface area contributed by atoms with Crippen LogP contribution < -0.4 is 5.43 Å². The summed E-state index contributed by atoms with van der Waals surface area (Å²) in [6, 6.07) is 8.16. The van der Waals surface area contributed by atoms with Crippen LogP contribution in [0, 0.1) is 5.41 Å². The molecular weight excluding hydrogens is 428 g/mol. The van der Waals surface area contributed by atoms with Crippen LogP contribution in [0.2, 0.25) is 0 Å². The molecule has 2 fully saturated rings. The molecule has 2 bridgehead atoms. The largest absolute Gasteiger partial charge is 0.286 e. The van der Waals surface area contributed by atoms with E-state index >= 15 is 0 Å². The van der Waals surface area contributed by atoms with Gasteiger partial charge < -0.3 is 0 Å². The smallest absolute Gasteiger partial charge is 0.283 e. The number of hydrogen-bond acceptors (Lipinski definition) is 3. The van der Waals surface area contributed by atoms with Crippen LogP contribution in [-0.4, -0.2) is 33.8 Å². The summed E-state index contributed by atoms with van der Waals surface area (Å²) < 4.78 is 3.04. The first-order valence-corrected chi connectivity index (χ1v) is 11.6. The van der Waals surface area contributed by atoms with E-state index in [0.29, 0.717) is 11.6 Å². The molecule has 154 valence electrons. The van der Waals surface area contributed by atoms with Crippen molar-refractivity contribution in [3.8, 4) is 5.69 Å². The minimum atomic E-state index is -0.0547. The Balaban J connectivity index is 1.64. The summed E-state index contributed by atoms with van der Waals surface area (Å²) in [5, 5.41) is 6.99. The van der Waals surface area contributed by atoms with Crippen LogP contribution >= 0.6 is 15.9 Å². The van der Waals surface area contributed by atoms with Crippen molar-refractivity contribution < 1.29 is 4.79 Å². The summed E-state index contributed by atoms with van der Waals surface area (Å²) in [7, 11) is 0. The van der Waals surface area contributed by atoms with Gasteiger partial charge in [-0.15, -0.1) is 0 Å². The predicted molar refractivity (Wildman–Crippen MR) is 117 cm³/mol. The molecule has 3 aliphatic rings. The first kappa shape index (κ1) is 19.3. The van der Waals surface area contributed by atoms with E-state index in [1.54, 1.807) is 0 Å². The molecule has 5 rings (SSSR count). The van der Waals surface area contributed by atoms with Crippen molar-refractivity contribution >= 4 is 21.8 Å². The highest BCUT2D eigenvalue weighted by Gasteiger charge is 2.63. The Morgan fingerprint density at radius 3 is 2.62 bits per heavy atom. The summed E-state index contributed by atoms with van der Waals surface area (Å²) in [6.07, 6.45) is 5.78. The molecule has 2 heterocycles. The van der Waals surface area contributed by atoms with Gasteiger partial charge in [0.2, 0.25) is 0 Å². The Labute approximate surface area is 180 Å². The van der Waals surface area contributed by atoms with Crippen molar-refractivity contribution in [1.82, 2.24) is 20.2 Å². The number of nitrogens with zero attached hydrogens (tertiary/aromatic N) is 3. The first-order chi connectivity index (χ1) is 13.8. The SMILES string of the molecule is CC1(C)[C@@H]2CC[C@@]1(C)c1c2c(C(=O)NN2CCCCC2)nn1-c1ccccc1Br. The maximum Gasteiger partial charge on any atom is 0.286 e. The van der Waals surface area contributed by atoms with Crippen LogP contribution in [0.3, 0.4) is 0 Å². The van der Waals surface area contributed by atoms with E-state index in [4.69, 9.17) is 5.10 Å². The molecule has 1 saturated heterocycles. The fourth-order valence-electron chi connectivity index (χ4n) is 5.89. The number of halogens is 1. The highest BCUT2D eigenvalue weighted by molar-refractivity contribution is 9.10. The van der Waals surface area contributed by atoms with Crippen LogP contribution in [0.5, 0.6) is 0 Å². The molecule has 29 heavy (non-hydrogen) atoms. The van der Waals surface area contributed by atoms with Gasteiger partial charge in [0.15, 0.2) is 5.69 Å². The van der Waals surface area contributed by atoms with E-state index in [1.807, 2.05) is 22.9 Å². The molecule has 5 nitrogen and oxygen atoms in total. The van der Waals surface area contributed by atoms with Crippen LogP contribution in [0.25, 0.3) is 5.69 Å². The molecule has 1 aromatic heterocycles. The zero-order chi connectivity index (χ0) is 20.4. The molecule has 2 aliphatic carbocycles. The highest BCUT2D eigenvalue weighted by atomic mass is 79.9. The molecule has 1 aromatic carbocycles. The maximum atomic E-state index is 13.4. The molecule has 1 aliphatic heterocycles. The predicted octanol–water partition coefficient (Wildman–Crippen LogP) is 4.94. The normalized spacial score (nSPS) is 27.8. The van der Waals surface area contributed by atoms with E-state index in [2.05, 4.69) is 53.2 Å². The van der Waals surface area contributed by atoms with Crippen molar-refractivity contribution in [2.45, 2.75) is 64.2 Å². The van der Waals surface area contributed by atoms with Crippen molar-refractivity contribution in [3.05, 3.63) is 45.7 Å². The average Bonchev–Trinajstić information content (AvgIpc) is 3.25. The molecule has 0 spiro atoms. The number of hydrazine groups is 1. The van der Waals surface area contributed by atoms with Gasteiger partial charge in [0.05, 0.1) is 11.4 Å². The van der Waals surface area contributed by atoms with Crippen LogP contribution in [0.1, 0.15) is 80.5 Å². The number of piperidine rings is 1. The number of amides is 1. The van der Waals surface area contributed by atoms with Crippen LogP contribution in [-0.2, 0) is 5.41 Å². The molecular formula is C23H29BrN4O. The minimum absolute atomic E-state index is 0.0128. The van der Waals surface area contributed by atoms with Gasteiger partial charge in [-0.3, -0.25) is 10.2 Å². The van der Waals surface area contributed by atoms with Crippen molar-refractivity contribution in [2.24, 2.45) is 5.41 Å². The van der Waals surface area contributed by atoms with Crippen LogP contribution in [0.15, 0.2) is 28.7 Å². The Bertz CT molecular complexity index is 975. The van der Waals surface area contributed by atoms with E-state index in [-0.39, 0.29) is 16.7 Å². The lowest BCUT2D eigenvalue weighted by Gasteiger charge is -2.35. The second-order valence-corrected chi connectivity index (χ2v) is 10.5. The lowest BCUT2D eigenvalue weighted by atomic mass is 9.70. The second-order valence-electron chi connectivity index (χ2n) is 9.61. The summed E-state index contributed by atoms with van der Waals surface area (Å²) in [5.41, 5.74) is 7.30. The van der Waals surface area contributed by atoms with Crippen LogP contribution in [0.4, 0.5) is 0 Å². The van der Waals surface area contributed by atoms with Gasteiger partial charge >= 0.3 is 0 Å².